The van der Waals surface area contributed by atoms with Gasteiger partial charge in [-0.1, -0.05) is 0 Å². The monoisotopic (exact) mass is 219 g/mol. The first-order valence-corrected chi connectivity index (χ1v) is 11.4. The summed E-state index contributed by atoms with van der Waals surface area (Å²) in [4.78, 5) is 0. The van der Waals surface area contributed by atoms with Crippen LogP contribution in [-0.4, -0.2) is 23.2 Å². The van der Waals surface area contributed by atoms with E-state index in [1.807, 2.05) is 0 Å². The van der Waals surface area contributed by atoms with Crippen molar-refractivity contribution >= 4 is 16.6 Å². The summed E-state index contributed by atoms with van der Waals surface area (Å²) in [6.07, 6.45) is 1.08. The van der Waals surface area contributed by atoms with Crippen LogP contribution >= 0.6 is 0 Å². The van der Waals surface area contributed by atoms with Crippen molar-refractivity contribution in [1.29, 1.82) is 0 Å². The Kier molecular flexibility index (Phi) is 5.43. The van der Waals surface area contributed by atoms with E-state index in [0.717, 1.165) is 13.0 Å². The summed E-state index contributed by atoms with van der Waals surface area (Å²) in [5.41, 5.74) is 0. The average Bonchev–Trinajstić information content (AvgIpc) is 1.81. The Morgan fingerprint density at radius 3 is 2.00 bits per heavy atom. The number of hydrogen-bond acceptors (Lipinski definition) is 2. The van der Waals surface area contributed by atoms with Crippen molar-refractivity contribution in [2.75, 3.05) is 6.61 Å². The molecule has 0 aliphatic rings. The Balaban J connectivity index is 3.80. The van der Waals surface area contributed by atoms with E-state index in [-0.39, 0.29) is 0 Å². The van der Waals surface area contributed by atoms with E-state index < -0.39 is 16.6 Å². The average molecular weight is 219 g/mol. The Labute approximate surface area is 84.9 Å². The molecule has 0 saturated carbocycles. The van der Waals surface area contributed by atoms with E-state index in [4.69, 9.17) is 8.85 Å². The largest absolute Gasteiger partial charge is 0.456 e. The second kappa shape index (κ2) is 5.29. The lowest BCUT2D eigenvalue weighted by atomic mass is 10.5. The molecule has 0 unspecified atom stereocenters. The number of ether oxygens (including phenoxy) is 1. The van der Waals surface area contributed by atoms with Gasteiger partial charge in [0, 0.05) is 6.61 Å². The molecule has 0 N–H and O–H groups in total. The van der Waals surface area contributed by atoms with Gasteiger partial charge in [-0.3, -0.25) is 0 Å². The van der Waals surface area contributed by atoms with Crippen LogP contribution in [0.4, 0.5) is 0 Å². The lowest BCUT2D eigenvalue weighted by Crippen LogP contribution is -2.42. The first kappa shape index (κ1) is 13.4. The van der Waals surface area contributed by atoms with Crippen LogP contribution in [0.25, 0.3) is 0 Å². The molecule has 0 atom stereocenters. The van der Waals surface area contributed by atoms with E-state index in [2.05, 4.69) is 39.8 Å². The highest BCUT2D eigenvalue weighted by molar-refractivity contribution is 6.84. The highest BCUT2D eigenvalue weighted by Gasteiger charge is 2.28. The maximum Gasteiger partial charge on any atom is 0.173 e. The summed E-state index contributed by atoms with van der Waals surface area (Å²) in [6.45, 7) is 12.1. The number of rotatable bonds is 6. The Bertz CT molecular complexity index is 141. The van der Waals surface area contributed by atoms with E-state index in [9.17, 15) is 0 Å². The maximum absolute atomic E-state index is 6.17. The molecule has 0 aromatic heterocycles. The quantitative estimate of drug-likeness (QED) is 0.504. The molecule has 0 aliphatic carbocycles. The molecular weight excluding hydrogens is 196 g/mol. The summed E-state index contributed by atoms with van der Waals surface area (Å²) in [5.74, 6) is 0. The molecular formula is C9H23O2Si2. The predicted octanol–water partition coefficient (Wildman–Crippen LogP) is 3.24. The SMILES string of the molecule is [CH2]OCCC[Si](C)(C)O[Si](C)(C)C. The fraction of sp³-hybridized carbons (Fsp3) is 0.889. The molecule has 1 radical (unpaired) electrons. The van der Waals surface area contributed by atoms with E-state index in [1.165, 1.54) is 6.04 Å². The van der Waals surface area contributed by atoms with Crippen molar-refractivity contribution in [2.45, 2.75) is 45.2 Å². The van der Waals surface area contributed by atoms with E-state index in [0.29, 0.717) is 0 Å². The van der Waals surface area contributed by atoms with Crippen LogP contribution in [0.15, 0.2) is 0 Å². The van der Waals surface area contributed by atoms with Crippen LogP contribution < -0.4 is 0 Å². The summed E-state index contributed by atoms with van der Waals surface area (Å²) >= 11 is 0. The van der Waals surface area contributed by atoms with Crippen molar-refractivity contribution < 1.29 is 8.85 Å². The lowest BCUT2D eigenvalue weighted by molar-refractivity contribution is 0.241. The fourth-order valence-corrected chi connectivity index (χ4v) is 9.51. The minimum absolute atomic E-state index is 0.755. The normalized spacial score (nSPS) is 13.4. The molecule has 4 heteroatoms. The van der Waals surface area contributed by atoms with Gasteiger partial charge < -0.3 is 8.85 Å². The summed E-state index contributed by atoms with van der Waals surface area (Å²) < 4.78 is 11.0. The molecule has 0 spiro atoms. The van der Waals surface area contributed by atoms with E-state index in [1.54, 1.807) is 0 Å². The van der Waals surface area contributed by atoms with Crippen molar-refractivity contribution in [1.82, 2.24) is 0 Å². The van der Waals surface area contributed by atoms with Crippen LogP contribution in [-0.2, 0) is 8.85 Å². The molecule has 0 aromatic rings. The van der Waals surface area contributed by atoms with Gasteiger partial charge in [0.25, 0.3) is 0 Å². The highest BCUT2D eigenvalue weighted by Crippen LogP contribution is 2.19. The molecule has 2 nitrogen and oxygen atoms in total. The standard InChI is InChI=1S/C9H23O2Si2/c1-10-8-7-9-13(5,6)11-12(2,3)4/h1,7-9H2,2-6H3. The molecule has 0 heterocycles. The minimum atomic E-state index is -1.42. The number of hydrogen-bond donors (Lipinski definition) is 0. The minimum Gasteiger partial charge on any atom is -0.456 e. The summed E-state index contributed by atoms with van der Waals surface area (Å²) in [6, 6.07) is 1.17. The van der Waals surface area contributed by atoms with Crippen LogP contribution in [0.2, 0.25) is 38.8 Å². The van der Waals surface area contributed by atoms with Gasteiger partial charge >= 0.3 is 0 Å². The highest BCUT2D eigenvalue weighted by atomic mass is 28.4. The second-order valence-electron chi connectivity index (χ2n) is 4.99. The summed E-state index contributed by atoms with van der Waals surface area (Å²) in [7, 11) is 0.594. The van der Waals surface area contributed by atoms with Crippen molar-refractivity contribution in [2.24, 2.45) is 0 Å². The van der Waals surface area contributed by atoms with Crippen molar-refractivity contribution in [3.63, 3.8) is 0 Å². The predicted molar refractivity (Wildman–Crippen MR) is 62.6 cm³/mol. The van der Waals surface area contributed by atoms with E-state index >= 15 is 0 Å². The molecule has 0 aromatic carbocycles. The smallest absolute Gasteiger partial charge is 0.173 e. The molecule has 0 fully saturated rings. The Hall–Kier alpha value is 0.354. The molecule has 0 bridgehead atoms. The van der Waals surface area contributed by atoms with Gasteiger partial charge in [-0.2, -0.15) is 0 Å². The van der Waals surface area contributed by atoms with Crippen LogP contribution in [0.3, 0.4) is 0 Å². The van der Waals surface area contributed by atoms with Gasteiger partial charge in [-0.25, -0.2) is 0 Å². The Morgan fingerprint density at radius 2 is 1.62 bits per heavy atom. The lowest BCUT2D eigenvalue weighted by Gasteiger charge is -2.31. The maximum atomic E-state index is 6.17. The van der Waals surface area contributed by atoms with Gasteiger partial charge in [0.05, 0.1) is 7.11 Å². The van der Waals surface area contributed by atoms with Crippen molar-refractivity contribution in [3.05, 3.63) is 7.11 Å². The van der Waals surface area contributed by atoms with Gasteiger partial charge in [-0.05, 0) is 45.2 Å². The van der Waals surface area contributed by atoms with Gasteiger partial charge in [0.1, 0.15) is 0 Å². The van der Waals surface area contributed by atoms with Crippen LogP contribution in [0.5, 0.6) is 0 Å². The third-order valence-corrected chi connectivity index (χ3v) is 7.87. The third-order valence-electron chi connectivity index (χ3n) is 1.65. The Morgan fingerprint density at radius 1 is 1.08 bits per heavy atom. The first-order chi connectivity index (χ1) is 5.77. The molecule has 0 rings (SSSR count). The first-order valence-electron chi connectivity index (χ1n) is 4.84. The molecule has 0 amide bonds. The molecule has 13 heavy (non-hydrogen) atoms. The van der Waals surface area contributed by atoms with Gasteiger partial charge in [0.15, 0.2) is 16.6 Å². The topological polar surface area (TPSA) is 18.5 Å². The van der Waals surface area contributed by atoms with Crippen molar-refractivity contribution in [3.8, 4) is 0 Å². The third kappa shape index (κ3) is 8.68. The van der Waals surface area contributed by atoms with Crippen LogP contribution in [0.1, 0.15) is 6.42 Å². The molecule has 79 valence electrons. The zero-order valence-corrected chi connectivity index (χ0v) is 11.6. The second-order valence-corrected chi connectivity index (χ2v) is 14.0. The molecule has 0 saturated heterocycles. The zero-order chi connectivity index (χ0) is 10.5. The fourth-order valence-electron chi connectivity index (χ4n) is 1.48. The summed E-state index contributed by atoms with van der Waals surface area (Å²) in [5, 5.41) is 0. The zero-order valence-electron chi connectivity index (χ0n) is 9.64. The molecule has 0 aliphatic heterocycles. The van der Waals surface area contributed by atoms with Gasteiger partial charge in [0.2, 0.25) is 0 Å². The van der Waals surface area contributed by atoms with Crippen LogP contribution in [0, 0.1) is 7.11 Å². The van der Waals surface area contributed by atoms with Gasteiger partial charge in [-0.15, -0.1) is 0 Å².